The van der Waals surface area contributed by atoms with Gasteiger partial charge in [-0.05, 0) is 18.1 Å². The first-order valence-electron chi connectivity index (χ1n) is 5.34. The van der Waals surface area contributed by atoms with Gasteiger partial charge < -0.3 is 15.2 Å². The molecule has 1 aliphatic heterocycles. The molecule has 1 saturated heterocycles. The molecule has 1 heterocycles. The maximum atomic E-state index is 10.2. The van der Waals surface area contributed by atoms with Crippen molar-refractivity contribution < 1.29 is 9.84 Å². The Morgan fingerprint density at radius 1 is 1.47 bits per heavy atom. The Hall–Kier alpha value is -0.900. The number of hydrogen-bond acceptors (Lipinski definition) is 3. The minimum atomic E-state index is -0.480. The molecule has 15 heavy (non-hydrogen) atoms. The van der Waals surface area contributed by atoms with E-state index in [1.165, 1.54) is 0 Å². The lowest BCUT2D eigenvalue weighted by atomic mass is 9.98. The average molecular weight is 207 g/mol. The fraction of sp³-hybridized carbons (Fsp3) is 0.500. The molecule has 2 N–H and O–H groups in total. The highest BCUT2D eigenvalue weighted by Crippen LogP contribution is 2.21. The van der Waals surface area contributed by atoms with Crippen molar-refractivity contribution in [2.45, 2.75) is 19.1 Å². The van der Waals surface area contributed by atoms with Crippen molar-refractivity contribution >= 4 is 0 Å². The molecular weight excluding hydrogens is 190 g/mol. The summed E-state index contributed by atoms with van der Waals surface area (Å²) < 4.78 is 5.34. The zero-order valence-corrected chi connectivity index (χ0v) is 8.94. The van der Waals surface area contributed by atoms with E-state index in [0.29, 0.717) is 6.61 Å². The van der Waals surface area contributed by atoms with Gasteiger partial charge >= 0.3 is 0 Å². The van der Waals surface area contributed by atoms with Gasteiger partial charge in [-0.2, -0.15) is 0 Å². The lowest BCUT2D eigenvalue weighted by Gasteiger charge is -2.29. The van der Waals surface area contributed by atoms with E-state index in [2.05, 4.69) is 5.32 Å². The number of ether oxygens (including phenoxy) is 1. The van der Waals surface area contributed by atoms with Crippen LogP contribution < -0.4 is 5.32 Å². The van der Waals surface area contributed by atoms with Gasteiger partial charge in [-0.1, -0.05) is 24.3 Å². The Bertz CT molecular complexity index is 321. The summed E-state index contributed by atoms with van der Waals surface area (Å²) >= 11 is 0. The third kappa shape index (κ3) is 2.37. The van der Waals surface area contributed by atoms with Crippen molar-refractivity contribution in [3.05, 3.63) is 35.4 Å². The van der Waals surface area contributed by atoms with Crippen LogP contribution >= 0.6 is 0 Å². The molecule has 3 heteroatoms. The standard InChI is InChI=1S/C12H17NO2/c1-9-4-2-3-5-10(9)12(14)11-8-15-7-6-13-11/h2-5,11-14H,6-8H2,1H3. The Balaban J connectivity index is 2.12. The number of aliphatic hydroxyl groups excluding tert-OH is 1. The van der Waals surface area contributed by atoms with E-state index in [1.807, 2.05) is 31.2 Å². The number of hydrogen-bond donors (Lipinski definition) is 2. The van der Waals surface area contributed by atoms with Crippen LogP contribution in [0.2, 0.25) is 0 Å². The molecule has 2 rings (SSSR count). The van der Waals surface area contributed by atoms with E-state index in [1.54, 1.807) is 0 Å². The SMILES string of the molecule is Cc1ccccc1C(O)C1COCCN1. The minimum absolute atomic E-state index is 0.0137. The predicted octanol–water partition coefficient (Wildman–Crippen LogP) is 1.02. The molecule has 82 valence electrons. The van der Waals surface area contributed by atoms with E-state index in [9.17, 15) is 5.11 Å². The number of nitrogens with one attached hydrogen (secondary N) is 1. The third-order valence-corrected chi connectivity index (χ3v) is 2.84. The first kappa shape index (κ1) is 10.6. The van der Waals surface area contributed by atoms with E-state index >= 15 is 0 Å². The van der Waals surface area contributed by atoms with Crippen LogP contribution in [-0.4, -0.2) is 30.9 Å². The summed E-state index contributed by atoms with van der Waals surface area (Å²) in [6.45, 7) is 4.14. The van der Waals surface area contributed by atoms with Gasteiger partial charge in [0, 0.05) is 6.54 Å². The van der Waals surface area contributed by atoms with Crippen LogP contribution in [0.25, 0.3) is 0 Å². The zero-order valence-electron chi connectivity index (χ0n) is 8.94. The lowest BCUT2D eigenvalue weighted by Crippen LogP contribution is -2.45. The molecule has 2 atom stereocenters. The number of rotatable bonds is 2. The van der Waals surface area contributed by atoms with Gasteiger partial charge in [-0.3, -0.25) is 0 Å². The molecule has 0 saturated carbocycles. The van der Waals surface area contributed by atoms with E-state index < -0.39 is 6.10 Å². The van der Waals surface area contributed by atoms with Gasteiger partial charge in [-0.25, -0.2) is 0 Å². The smallest absolute Gasteiger partial charge is 0.0968 e. The highest BCUT2D eigenvalue weighted by molar-refractivity contribution is 5.28. The van der Waals surface area contributed by atoms with Crippen molar-refractivity contribution in [2.24, 2.45) is 0 Å². The Morgan fingerprint density at radius 3 is 2.93 bits per heavy atom. The van der Waals surface area contributed by atoms with Crippen molar-refractivity contribution in [3.63, 3.8) is 0 Å². The first-order chi connectivity index (χ1) is 7.29. The van der Waals surface area contributed by atoms with E-state index in [0.717, 1.165) is 24.3 Å². The van der Waals surface area contributed by atoms with Crippen molar-refractivity contribution in [1.82, 2.24) is 5.32 Å². The summed E-state index contributed by atoms with van der Waals surface area (Å²) in [7, 11) is 0. The van der Waals surface area contributed by atoms with E-state index in [4.69, 9.17) is 4.74 Å². The fourth-order valence-corrected chi connectivity index (χ4v) is 1.92. The molecular formula is C12H17NO2. The minimum Gasteiger partial charge on any atom is -0.387 e. The van der Waals surface area contributed by atoms with Gasteiger partial charge in [0.25, 0.3) is 0 Å². The quantitative estimate of drug-likeness (QED) is 0.760. The lowest BCUT2D eigenvalue weighted by molar-refractivity contribution is 0.0175. The monoisotopic (exact) mass is 207 g/mol. The molecule has 0 spiro atoms. The zero-order chi connectivity index (χ0) is 10.7. The normalized spacial score (nSPS) is 23.7. The third-order valence-electron chi connectivity index (χ3n) is 2.84. The predicted molar refractivity (Wildman–Crippen MR) is 58.7 cm³/mol. The molecule has 1 fully saturated rings. The first-order valence-corrected chi connectivity index (χ1v) is 5.34. The summed E-state index contributed by atoms with van der Waals surface area (Å²) in [5, 5.41) is 13.5. The summed E-state index contributed by atoms with van der Waals surface area (Å²) in [5.41, 5.74) is 2.11. The van der Waals surface area contributed by atoms with E-state index in [-0.39, 0.29) is 6.04 Å². The van der Waals surface area contributed by atoms with Crippen molar-refractivity contribution in [3.8, 4) is 0 Å². The summed E-state index contributed by atoms with van der Waals surface area (Å²) in [6, 6.07) is 7.93. The van der Waals surface area contributed by atoms with Gasteiger partial charge in [0.2, 0.25) is 0 Å². The Labute approximate surface area is 90.1 Å². The van der Waals surface area contributed by atoms with Crippen molar-refractivity contribution in [1.29, 1.82) is 0 Å². The second kappa shape index (κ2) is 4.75. The van der Waals surface area contributed by atoms with Crippen LogP contribution in [0, 0.1) is 6.92 Å². The van der Waals surface area contributed by atoms with Crippen LogP contribution in [0.15, 0.2) is 24.3 Å². The largest absolute Gasteiger partial charge is 0.387 e. The summed E-state index contributed by atoms with van der Waals surface area (Å²) in [6.07, 6.45) is -0.480. The molecule has 1 aromatic rings. The highest BCUT2D eigenvalue weighted by atomic mass is 16.5. The molecule has 2 unspecified atom stereocenters. The van der Waals surface area contributed by atoms with Crippen LogP contribution in [0.5, 0.6) is 0 Å². The van der Waals surface area contributed by atoms with Gasteiger partial charge in [0.15, 0.2) is 0 Å². The Kier molecular flexibility index (Phi) is 3.36. The molecule has 0 aromatic heterocycles. The molecule has 1 aliphatic rings. The topological polar surface area (TPSA) is 41.5 Å². The van der Waals surface area contributed by atoms with Crippen LogP contribution in [-0.2, 0) is 4.74 Å². The fourth-order valence-electron chi connectivity index (χ4n) is 1.92. The number of aryl methyl sites for hydroxylation is 1. The average Bonchev–Trinajstić information content (AvgIpc) is 2.30. The molecule has 0 bridgehead atoms. The second-order valence-electron chi connectivity index (χ2n) is 3.94. The maximum absolute atomic E-state index is 10.2. The number of benzene rings is 1. The summed E-state index contributed by atoms with van der Waals surface area (Å²) in [4.78, 5) is 0. The number of morpholine rings is 1. The van der Waals surface area contributed by atoms with Crippen LogP contribution in [0.3, 0.4) is 0 Å². The molecule has 1 aromatic carbocycles. The molecule has 0 radical (unpaired) electrons. The van der Waals surface area contributed by atoms with Crippen LogP contribution in [0.4, 0.5) is 0 Å². The molecule has 3 nitrogen and oxygen atoms in total. The summed E-state index contributed by atoms with van der Waals surface area (Å²) in [5.74, 6) is 0. The van der Waals surface area contributed by atoms with Crippen molar-refractivity contribution in [2.75, 3.05) is 19.8 Å². The molecule has 0 amide bonds. The molecule has 0 aliphatic carbocycles. The highest BCUT2D eigenvalue weighted by Gasteiger charge is 2.23. The second-order valence-corrected chi connectivity index (χ2v) is 3.94. The van der Waals surface area contributed by atoms with Gasteiger partial charge in [0.05, 0.1) is 25.4 Å². The Morgan fingerprint density at radius 2 is 2.27 bits per heavy atom. The number of aliphatic hydroxyl groups is 1. The van der Waals surface area contributed by atoms with Gasteiger partial charge in [-0.15, -0.1) is 0 Å². The van der Waals surface area contributed by atoms with Gasteiger partial charge in [0.1, 0.15) is 0 Å². The maximum Gasteiger partial charge on any atom is 0.0968 e. The van der Waals surface area contributed by atoms with Crippen LogP contribution in [0.1, 0.15) is 17.2 Å².